The van der Waals surface area contributed by atoms with Crippen LogP contribution in [0.25, 0.3) is 34.3 Å². The summed E-state index contributed by atoms with van der Waals surface area (Å²) in [6.45, 7) is 6.91. The van der Waals surface area contributed by atoms with E-state index >= 15 is 0 Å². The predicted octanol–water partition coefficient (Wildman–Crippen LogP) is 6.96. The first kappa shape index (κ1) is 25.0. The van der Waals surface area contributed by atoms with Gasteiger partial charge in [-0.3, -0.25) is 4.68 Å². The first-order valence-corrected chi connectivity index (χ1v) is 12.7. The summed E-state index contributed by atoms with van der Waals surface area (Å²) >= 11 is 6.16. The van der Waals surface area contributed by atoms with Crippen LogP contribution in [0.1, 0.15) is 50.8 Å². The van der Waals surface area contributed by atoms with Crippen LogP contribution in [-0.2, 0) is 4.74 Å². The number of fused-ring (bicyclic) bond motifs is 1. The Balaban J connectivity index is 1.30. The van der Waals surface area contributed by atoms with Gasteiger partial charge in [-0.2, -0.15) is 5.10 Å². The number of ether oxygens (including phenoxy) is 1. The maximum atomic E-state index is 13.3. The van der Waals surface area contributed by atoms with Crippen molar-refractivity contribution in [3.8, 4) is 11.1 Å². The van der Waals surface area contributed by atoms with Gasteiger partial charge in [0.15, 0.2) is 0 Å². The van der Waals surface area contributed by atoms with Crippen LogP contribution in [0, 0.1) is 5.82 Å². The lowest BCUT2D eigenvalue weighted by Gasteiger charge is -2.33. The lowest BCUT2D eigenvalue weighted by molar-refractivity contribution is 0.0185. The molecule has 0 bridgehead atoms. The molecule has 3 aromatic heterocycles. The molecule has 4 heterocycles. The molecule has 1 amide bonds. The Kier molecular flexibility index (Phi) is 6.77. The maximum absolute atomic E-state index is 13.3. The standard InChI is InChI=1S/C28H29ClFN5O2/c1-28(2,3)37-27(36)34-10-8-23(9-11-34)35-17-21(16-33-35)20-12-24-19(14-31-26(24)32-15-20)5-4-18-6-7-22(30)13-25(18)29/h4-7,12-17,23H,8-11H2,1-3H3,(H,31,32). The number of carbonyl (C=O) groups excluding carboxylic acids is 1. The van der Waals surface area contributed by atoms with E-state index in [1.807, 2.05) is 62.4 Å². The summed E-state index contributed by atoms with van der Waals surface area (Å²) in [5, 5.41) is 5.94. The molecular formula is C28H29ClFN5O2. The minimum absolute atomic E-state index is 0.218. The molecule has 0 atom stereocenters. The molecule has 7 nitrogen and oxygen atoms in total. The number of aromatic amines is 1. The van der Waals surface area contributed by atoms with Crippen LogP contribution >= 0.6 is 11.6 Å². The van der Waals surface area contributed by atoms with Gasteiger partial charge < -0.3 is 14.6 Å². The molecule has 0 spiro atoms. The van der Waals surface area contributed by atoms with E-state index in [4.69, 9.17) is 16.3 Å². The predicted molar refractivity (Wildman–Crippen MR) is 144 cm³/mol. The van der Waals surface area contributed by atoms with E-state index in [1.54, 1.807) is 11.0 Å². The Morgan fingerprint density at radius 3 is 2.62 bits per heavy atom. The van der Waals surface area contributed by atoms with E-state index in [2.05, 4.69) is 21.1 Å². The van der Waals surface area contributed by atoms with Crippen molar-refractivity contribution in [1.29, 1.82) is 0 Å². The van der Waals surface area contributed by atoms with Gasteiger partial charge in [-0.1, -0.05) is 29.8 Å². The maximum Gasteiger partial charge on any atom is 0.410 e. The summed E-state index contributed by atoms with van der Waals surface area (Å²) in [5.41, 5.74) is 3.90. The number of carbonyl (C=O) groups is 1. The number of hydrogen-bond donors (Lipinski definition) is 1. The second kappa shape index (κ2) is 10.0. The highest BCUT2D eigenvalue weighted by atomic mass is 35.5. The molecule has 4 aromatic rings. The van der Waals surface area contributed by atoms with E-state index in [9.17, 15) is 9.18 Å². The molecule has 9 heteroatoms. The van der Waals surface area contributed by atoms with Crippen LogP contribution in [0.4, 0.5) is 9.18 Å². The van der Waals surface area contributed by atoms with Crippen molar-refractivity contribution in [2.75, 3.05) is 13.1 Å². The Hall–Kier alpha value is -3.65. The Labute approximate surface area is 219 Å². The smallest absolute Gasteiger partial charge is 0.410 e. The average Bonchev–Trinajstić information content (AvgIpc) is 3.50. The van der Waals surface area contributed by atoms with Crippen LogP contribution in [0.3, 0.4) is 0 Å². The molecule has 1 aromatic carbocycles. The van der Waals surface area contributed by atoms with Gasteiger partial charge in [-0.15, -0.1) is 0 Å². The largest absolute Gasteiger partial charge is 0.444 e. The number of piperidine rings is 1. The molecule has 0 unspecified atom stereocenters. The highest BCUT2D eigenvalue weighted by molar-refractivity contribution is 6.32. The van der Waals surface area contributed by atoms with Crippen molar-refractivity contribution in [1.82, 2.24) is 24.6 Å². The molecule has 37 heavy (non-hydrogen) atoms. The topological polar surface area (TPSA) is 76.0 Å². The van der Waals surface area contributed by atoms with Crippen LogP contribution in [0.15, 0.2) is 49.1 Å². The zero-order valence-corrected chi connectivity index (χ0v) is 21.8. The quantitative estimate of drug-likeness (QED) is 0.315. The SMILES string of the molecule is CC(C)(C)OC(=O)N1CCC(n2cc(-c3cnc4[nH]cc(C=Cc5ccc(F)cc5Cl)c4c3)cn2)CC1. The van der Waals surface area contributed by atoms with E-state index < -0.39 is 5.60 Å². The van der Waals surface area contributed by atoms with Crippen molar-refractivity contribution in [2.45, 2.75) is 45.3 Å². The summed E-state index contributed by atoms with van der Waals surface area (Å²) < 4.78 is 20.8. The number of benzene rings is 1. The van der Waals surface area contributed by atoms with Gasteiger partial charge in [0.1, 0.15) is 17.1 Å². The van der Waals surface area contributed by atoms with Crippen LogP contribution in [0.5, 0.6) is 0 Å². The average molecular weight is 522 g/mol. The van der Waals surface area contributed by atoms with Crippen molar-refractivity contribution < 1.29 is 13.9 Å². The van der Waals surface area contributed by atoms with Crippen molar-refractivity contribution in [3.05, 3.63) is 71.0 Å². The van der Waals surface area contributed by atoms with Crippen LogP contribution in [-0.4, -0.2) is 49.4 Å². The fourth-order valence-electron chi connectivity index (χ4n) is 4.46. The number of hydrogen-bond acceptors (Lipinski definition) is 4. The first-order chi connectivity index (χ1) is 17.7. The lowest BCUT2D eigenvalue weighted by Crippen LogP contribution is -2.42. The minimum atomic E-state index is -0.497. The molecule has 1 saturated heterocycles. The van der Waals surface area contributed by atoms with Crippen molar-refractivity contribution in [3.63, 3.8) is 0 Å². The minimum Gasteiger partial charge on any atom is -0.444 e. The zero-order chi connectivity index (χ0) is 26.2. The molecule has 5 rings (SSSR count). The summed E-state index contributed by atoms with van der Waals surface area (Å²) in [6.07, 6.45) is 12.8. The monoisotopic (exact) mass is 521 g/mol. The molecule has 1 aliphatic heterocycles. The molecule has 1 fully saturated rings. The van der Waals surface area contributed by atoms with Gasteiger partial charge in [0, 0.05) is 53.8 Å². The fourth-order valence-corrected chi connectivity index (χ4v) is 4.69. The number of H-pyrrole nitrogens is 1. The Morgan fingerprint density at radius 1 is 1.14 bits per heavy atom. The van der Waals surface area contributed by atoms with Crippen molar-refractivity contribution in [2.24, 2.45) is 0 Å². The number of pyridine rings is 1. The van der Waals surface area contributed by atoms with E-state index in [0.29, 0.717) is 18.1 Å². The number of nitrogens with zero attached hydrogens (tertiary/aromatic N) is 4. The van der Waals surface area contributed by atoms with Gasteiger partial charge in [-0.05, 0) is 57.4 Å². The summed E-state index contributed by atoms with van der Waals surface area (Å²) in [4.78, 5) is 21.9. The van der Waals surface area contributed by atoms with Crippen LogP contribution in [0.2, 0.25) is 5.02 Å². The third-order valence-corrected chi connectivity index (χ3v) is 6.72. The number of likely N-dealkylation sites (tertiary alicyclic amines) is 1. The molecule has 0 radical (unpaired) electrons. The molecular weight excluding hydrogens is 493 g/mol. The Morgan fingerprint density at radius 2 is 1.89 bits per heavy atom. The van der Waals surface area contributed by atoms with Crippen molar-refractivity contribution >= 4 is 40.9 Å². The van der Waals surface area contributed by atoms with Gasteiger partial charge >= 0.3 is 6.09 Å². The highest BCUT2D eigenvalue weighted by Crippen LogP contribution is 2.29. The number of aromatic nitrogens is 4. The van der Waals surface area contributed by atoms with Gasteiger partial charge in [0.25, 0.3) is 0 Å². The summed E-state index contributed by atoms with van der Waals surface area (Å²) in [6, 6.07) is 6.64. The first-order valence-electron chi connectivity index (χ1n) is 12.3. The number of rotatable bonds is 4. The second-order valence-corrected chi connectivity index (χ2v) is 10.7. The molecule has 0 saturated carbocycles. The van der Waals surface area contributed by atoms with Gasteiger partial charge in [0.2, 0.25) is 0 Å². The Bertz CT molecular complexity index is 1460. The molecule has 1 aliphatic rings. The van der Waals surface area contributed by atoms with E-state index in [0.717, 1.165) is 46.1 Å². The van der Waals surface area contributed by atoms with Crippen LogP contribution < -0.4 is 0 Å². The second-order valence-electron chi connectivity index (χ2n) is 10.3. The molecule has 1 N–H and O–H groups in total. The number of halogens is 2. The summed E-state index contributed by atoms with van der Waals surface area (Å²) in [5.74, 6) is -0.364. The van der Waals surface area contributed by atoms with E-state index in [-0.39, 0.29) is 18.0 Å². The molecule has 192 valence electrons. The lowest BCUT2D eigenvalue weighted by atomic mass is 10.1. The number of nitrogens with one attached hydrogen (secondary N) is 1. The normalized spacial score (nSPS) is 15.1. The molecule has 0 aliphatic carbocycles. The van der Waals surface area contributed by atoms with E-state index in [1.165, 1.54) is 12.1 Å². The van der Waals surface area contributed by atoms with Gasteiger partial charge in [-0.25, -0.2) is 14.2 Å². The zero-order valence-electron chi connectivity index (χ0n) is 21.0. The third kappa shape index (κ3) is 5.69. The third-order valence-electron chi connectivity index (χ3n) is 6.39. The fraction of sp³-hybridized carbons (Fsp3) is 0.321. The summed E-state index contributed by atoms with van der Waals surface area (Å²) in [7, 11) is 0. The highest BCUT2D eigenvalue weighted by Gasteiger charge is 2.28. The number of amides is 1. The van der Waals surface area contributed by atoms with Gasteiger partial charge in [0.05, 0.1) is 17.3 Å².